The van der Waals surface area contributed by atoms with Crippen molar-refractivity contribution in [3.8, 4) is 0 Å². The number of pyridine rings is 1. The van der Waals surface area contributed by atoms with Crippen molar-refractivity contribution in [1.82, 2.24) is 4.98 Å². The number of nitrogens with zero attached hydrogens (tertiary/aromatic N) is 1. The maximum absolute atomic E-state index is 11.8. The van der Waals surface area contributed by atoms with Gasteiger partial charge in [-0.2, -0.15) is 0 Å². The van der Waals surface area contributed by atoms with E-state index in [1.54, 1.807) is 17.6 Å². The summed E-state index contributed by atoms with van der Waals surface area (Å²) >= 11 is 1.31. The highest BCUT2D eigenvalue weighted by molar-refractivity contribution is 7.14. The Hall–Kier alpha value is -2.21. The molecule has 2 heterocycles. The number of nitrogens with one attached hydrogen (secondary N) is 1. The Kier molecular flexibility index (Phi) is 5.45. The molecule has 2 aromatic heterocycles. The minimum atomic E-state index is -0.401. The Balaban J connectivity index is 1.77. The van der Waals surface area contributed by atoms with Crippen LogP contribution in [-0.4, -0.2) is 24.0 Å². The molecule has 0 fully saturated rings. The van der Waals surface area contributed by atoms with Gasteiger partial charge in [-0.3, -0.25) is 9.78 Å². The predicted octanol–water partition coefficient (Wildman–Crippen LogP) is 2.89. The molecule has 0 aliphatic rings. The molecule has 0 saturated heterocycles. The third-order valence-corrected chi connectivity index (χ3v) is 3.69. The second-order valence-electron chi connectivity index (χ2n) is 4.41. The summed E-state index contributed by atoms with van der Waals surface area (Å²) in [6.07, 6.45) is 3.67. The van der Waals surface area contributed by atoms with Gasteiger partial charge in [0.05, 0.1) is 17.7 Å². The van der Waals surface area contributed by atoms with E-state index in [2.05, 4.69) is 15.0 Å². The van der Waals surface area contributed by atoms with Crippen LogP contribution in [0.3, 0.4) is 0 Å². The van der Waals surface area contributed by atoms with E-state index in [4.69, 9.17) is 0 Å². The lowest BCUT2D eigenvalue weighted by Crippen LogP contribution is -2.10. The maximum Gasteiger partial charge on any atom is 0.338 e. The van der Waals surface area contributed by atoms with Crippen LogP contribution in [0.2, 0.25) is 0 Å². The minimum Gasteiger partial charge on any atom is -0.465 e. The highest BCUT2D eigenvalue weighted by atomic mass is 32.1. The van der Waals surface area contributed by atoms with Crippen LogP contribution >= 0.6 is 11.3 Å². The van der Waals surface area contributed by atoms with Crippen molar-refractivity contribution in [1.29, 1.82) is 0 Å². The van der Waals surface area contributed by atoms with Crippen molar-refractivity contribution in [3.05, 3.63) is 47.1 Å². The van der Waals surface area contributed by atoms with Gasteiger partial charge < -0.3 is 10.1 Å². The lowest BCUT2D eigenvalue weighted by Gasteiger charge is -2.02. The van der Waals surface area contributed by atoms with E-state index < -0.39 is 5.97 Å². The van der Waals surface area contributed by atoms with E-state index in [9.17, 15) is 9.59 Å². The molecule has 0 bridgehead atoms. The number of rotatable bonds is 6. The molecule has 2 rings (SSSR count). The fraction of sp³-hybridized carbons (Fsp3) is 0.267. The van der Waals surface area contributed by atoms with Crippen LogP contribution in [0.4, 0.5) is 5.00 Å². The summed E-state index contributed by atoms with van der Waals surface area (Å²) in [6.45, 7) is 0. The van der Waals surface area contributed by atoms with E-state index in [1.807, 2.05) is 18.2 Å². The number of carbonyl (C=O) groups is 2. The molecule has 1 N–H and O–H groups in total. The third-order valence-electron chi connectivity index (χ3n) is 2.85. The molecule has 0 saturated carbocycles. The topological polar surface area (TPSA) is 68.3 Å². The third kappa shape index (κ3) is 4.68. The van der Waals surface area contributed by atoms with Gasteiger partial charge in [0.2, 0.25) is 5.91 Å². The summed E-state index contributed by atoms with van der Waals surface area (Å²) in [4.78, 5) is 27.3. The number of aryl methyl sites for hydroxylation is 1. The second kappa shape index (κ2) is 7.54. The van der Waals surface area contributed by atoms with Crippen LogP contribution in [0.5, 0.6) is 0 Å². The first kappa shape index (κ1) is 15.2. The molecule has 0 spiro atoms. The van der Waals surface area contributed by atoms with Crippen molar-refractivity contribution >= 4 is 28.2 Å². The number of aromatic nitrogens is 1. The Labute approximate surface area is 127 Å². The fourth-order valence-electron chi connectivity index (χ4n) is 1.80. The summed E-state index contributed by atoms with van der Waals surface area (Å²) in [5, 5.41) is 5.09. The Morgan fingerprint density at radius 1 is 1.38 bits per heavy atom. The monoisotopic (exact) mass is 304 g/mol. The smallest absolute Gasteiger partial charge is 0.338 e. The molecule has 110 valence electrons. The van der Waals surface area contributed by atoms with Crippen LogP contribution in [0.25, 0.3) is 0 Å². The SMILES string of the molecule is COC(=O)c1csc(NC(=O)CCCc2ccccn2)c1. The molecule has 6 heteroatoms. The van der Waals surface area contributed by atoms with Gasteiger partial charge in [-0.05, 0) is 31.0 Å². The standard InChI is InChI=1S/C15H16N2O3S/c1-20-15(19)11-9-14(21-10-11)17-13(18)7-4-6-12-5-2-3-8-16-12/h2-3,5,8-10H,4,6-7H2,1H3,(H,17,18). The molecule has 0 radical (unpaired) electrons. The minimum absolute atomic E-state index is 0.0656. The van der Waals surface area contributed by atoms with E-state index in [-0.39, 0.29) is 5.91 Å². The quantitative estimate of drug-likeness (QED) is 0.833. The van der Waals surface area contributed by atoms with Crippen LogP contribution in [0, 0.1) is 0 Å². The number of methoxy groups -OCH3 is 1. The van der Waals surface area contributed by atoms with E-state index in [0.29, 0.717) is 17.0 Å². The number of hydrogen-bond acceptors (Lipinski definition) is 5. The summed E-state index contributed by atoms with van der Waals surface area (Å²) in [6, 6.07) is 7.36. The highest BCUT2D eigenvalue weighted by Crippen LogP contribution is 2.21. The second-order valence-corrected chi connectivity index (χ2v) is 5.33. The molecule has 1 amide bonds. The Bertz CT molecular complexity index is 610. The van der Waals surface area contributed by atoms with Crippen molar-refractivity contribution in [2.45, 2.75) is 19.3 Å². The zero-order valence-corrected chi connectivity index (χ0v) is 12.5. The molecule has 0 aromatic carbocycles. The number of hydrogen-bond donors (Lipinski definition) is 1. The van der Waals surface area contributed by atoms with Crippen LogP contribution < -0.4 is 5.32 Å². The number of carbonyl (C=O) groups excluding carboxylic acids is 2. The molecule has 0 aliphatic carbocycles. The first-order valence-corrected chi connectivity index (χ1v) is 7.43. The fourth-order valence-corrected chi connectivity index (χ4v) is 2.59. The molecule has 0 atom stereocenters. The normalized spacial score (nSPS) is 10.1. The largest absolute Gasteiger partial charge is 0.465 e. The molecular weight excluding hydrogens is 288 g/mol. The summed E-state index contributed by atoms with van der Waals surface area (Å²) in [5.41, 5.74) is 1.43. The molecule has 21 heavy (non-hydrogen) atoms. The number of ether oxygens (including phenoxy) is 1. The van der Waals surface area contributed by atoms with E-state index in [1.165, 1.54) is 18.4 Å². The van der Waals surface area contributed by atoms with Gasteiger partial charge >= 0.3 is 5.97 Å². The Morgan fingerprint density at radius 2 is 2.24 bits per heavy atom. The van der Waals surface area contributed by atoms with Crippen molar-refractivity contribution in [2.24, 2.45) is 0 Å². The van der Waals surface area contributed by atoms with Crippen molar-refractivity contribution in [2.75, 3.05) is 12.4 Å². The van der Waals surface area contributed by atoms with Gasteiger partial charge in [-0.15, -0.1) is 11.3 Å². The number of thiophene rings is 1. The molecule has 5 nitrogen and oxygen atoms in total. The average molecular weight is 304 g/mol. The van der Waals surface area contributed by atoms with Gasteiger partial charge in [0.15, 0.2) is 0 Å². The first-order chi connectivity index (χ1) is 10.2. The zero-order chi connectivity index (χ0) is 15.1. The Morgan fingerprint density at radius 3 is 2.95 bits per heavy atom. The van der Waals surface area contributed by atoms with Gasteiger partial charge in [0, 0.05) is 23.7 Å². The van der Waals surface area contributed by atoms with E-state index in [0.717, 1.165) is 18.5 Å². The number of anilines is 1. The van der Waals surface area contributed by atoms with Crippen molar-refractivity contribution in [3.63, 3.8) is 0 Å². The number of esters is 1. The van der Waals surface area contributed by atoms with E-state index >= 15 is 0 Å². The van der Waals surface area contributed by atoms with Gasteiger partial charge in [-0.1, -0.05) is 6.07 Å². The van der Waals surface area contributed by atoms with Crippen LogP contribution in [0.1, 0.15) is 28.9 Å². The lowest BCUT2D eigenvalue weighted by molar-refractivity contribution is -0.116. The van der Waals surface area contributed by atoms with Gasteiger partial charge in [0.25, 0.3) is 0 Å². The van der Waals surface area contributed by atoms with Crippen molar-refractivity contribution < 1.29 is 14.3 Å². The summed E-state index contributed by atoms with van der Waals surface area (Å²) in [5.74, 6) is -0.467. The van der Waals surface area contributed by atoms with Crippen LogP contribution in [-0.2, 0) is 16.0 Å². The molecule has 0 aliphatic heterocycles. The zero-order valence-electron chi connectivity index (χ0n) is 11.7. The molecular formula is C15H16N2O3S. The molecule has 0 unspecified atom stereocenters. The lowest BCUT2D eigenvalue weighted by atomic mass is 10.2. The van der Waals surface area contributed by atoms with Gasteiger partial charge in [0.1, 0.15) is 0 Å². The number of amides is 1. The van der Waals surface area contributed by atoms with Crippen LogP contribution in [0.15, 0.2) is 35.8 Å². The maximum atomic E-state index is 11.8. The summed E-state index contributed by atoms with van der Waals surface area (Å²) in [7, 11) is 1.33. The summed E-state index contributed by atoms with van der Waals surface area (Å²) < 4.78 is 4.62. The predicted molar refractivity (Wildman–Crippen MR) is 81.5 cm³/mol. The highest BCUT2D eigenvalue weighted by Gasteiger charge is 2.10. The average Bonchev–Trinajstić information content (AvgIpc) is 2.96. The van der Waals surface area contributed by atoms with Gasteiger partial charge in [-0.25, -0.2) is 4.79 Å². The molecule has 2 aromatic rings. The first-order valence-electron chi connectivity index (χ1n) is 6.55.